The number of amides is 2. The molecule has 1 atom stereocenters. The van der Waals surface area contributed by atoms with Crippen LogP contribution in [0.1, 0.15) is 159 Å². The number of hydrogen-bond acceptors (Lipinski definition) is 10. The van der Waals surface area contributed by atoms with Crippen molar-refractivity contribution in [3.8, 4) is 22.3 Å². The Hall–Kier alpha value is -7.92. The predicted molar refractivity (Wildman–Crippen MR) is 363 cm³/mol. The summed E-state index contributed by atoms with van der Waals surface area (Å²) in [5.41, 5.74) is -10.6. The van der Waals surface area contributed by atoms with Gasteiger partial charge in [-0.15, -0.1) is 0 Å². The molecular formula is C74H80F8N8O4S2. The van der Waals surface area contributed by atoms with Crippen LogP contribution in [0, 0.1) is 18.6 Å². The highest BCUT2D eigenvalue weighted by Gasteiger charge is 2.34. The van der Waals surface area contributed by atoms with Crippen LogP contribution in [-0.2, 0) is 78.6 Å². The minimum absolute atomic E-state index is 0.0136. The third kappa shape index (κ3) is 18.6. The van der Waals surface area contributed by atoms with E-state index in [1.807, 2.05) is 0 Å². The largest absolute Gasteiger partial charge is 0.416 e. The van der Waals surface area contributed by atoms with E-state index in [1.54, 1.807) is 0 Å². The topological polar surface area (TPSA) is 117 Å². The standard InChI is InChI=1S/2C37H40F4N4O2S/c1-4-43(5-2)21-22-44(25(3)27-11-13-28(14-12-27)29-15-17-30(18-16-29)37(39,40)41)34(46)23-45-33-8-6-7-32(33)35(47)42-36(45)48-24-26-9-19-31(38)20-10-26;1-4-43(5-2)19-20-44(22-26-9-13-28(14-10-26)29-15-18-32(25(3)21-29)37(39,40)41)34(46)23-45-33-8-6-7-31(33)35(47)42-36(45)48-24-27-11-16-30(38)17-12-27/h9-20,25H,4-8,21-24H2,1-3H3;9-18,21H,4-8,19-20,22-24H2,1-3H3/i4D2,5D2,21D2,22D2,25D;6D2,7D2,8D2,9D,10D,11D,12D,13D,14D,15D,16D,17D,18D,19D2,20D2,21D,22D2. The fourth-order valence-electron chi connectivity index (χ4n) is 9.43. The number of likely N-dealkylation sites (N-methyl/N-ethyl adjacent to an activating group) is 2. The third-order valence-corrected chi connectivity index (χ3v) is 16.5. The Balaban J connectivity index is 0.000000296. The number of rotatable bonds is 26. The number of benzene rings is 6. The van der Waals surface area contributed by atoms with Crippen LogP contribution in [-0.4, -0.2) is 103 Å². The molecule has 8 aromatic rings. The predicted octanol–water partition coefficient (Wildman–Crippen LogP) is 15.3. The minimum Gasteiger partial charge on any atom is -0.336 e. The summed E-state index contributed by atoms with van der Waals surface area (Å²) in [6, 6.07) is -1.40. The van der Waals surface area contributed by atoms with Crippen molar-refractivity contribution in [2.75, 3.05) is 52.1 Å². The van der Waals surface area contributed by atoms with E-state index in [0.29, 0.717) is 47.2 Å². The Morgan fingerprint density at radius 1 is 0.615 bits per heavy atom. The molecule has 0 spiro atoms. The van der Waals surface area contributed by atoms with Crippen LogP contribution < -0.4 is 11.1 Å². The lowest BCUT2D eigenvalue weighted by molar-refractivity contribution is -0.138. The lowest BCUT2D eigenvalue weighted by Crippen LogP contribution is -2.42. The molecule has 0 fully saturated rings. The molecule has 0 radical (unpaired) electrons. The normalized spacial score (nSPS) is 21.0. The summed E-state index contributed by atoms with van der Waals surface area (Å²) >= 11 is 1.23. The highest BCUT2D eigenvalue weighted by molar-refractivity contribution is 7.98. The zero-order valence-electron chi connectivity index (χ0n) is 83.8. The van der Waals surface area contributed by atoms with E-state index in [4.69, 9.17) is 34.3 Å². The number of alkyl halides is 6. The molecule has 0 aliphatic heterocycles. The Labute approximate surface area is 608 Å². The number of halogens is 8. The summed E-state index contributed by atoms with van der Waals surface area (Å²) < 4.78 is 390. The number of carbonyl (C=O) groups excluding carboxylic acids is 2. The maximum atomic E-state index is 15.1. The van der Waals surface area contributed by atoms with Crippen LogP contribution in [0.4, 0.5) is 35.1 Å². The lowest BCUT2D eigenvalue weighted by Gasteiger charge is -2.33. The fraction of sp³-hybridized carbons (Fsp3) is 0.378. The number of nitrogens with zero attached hydrogens (tertiary/aromatic N) is 8. The van der Waals surface area contributed by atoms with E-state index < -0.39 is 263 Å². The number of thioether (sulfide) groups is 2. The fourth-order valence-corrected chi connectivity index (χ4v) is 11.3. The van der Waals surface area contributed by atoms with Gasteiger partial charge in [0.25, 0.3) is 11.1 Å². The number of carbonyl (C=O) groups is 2. The molecule has 0 saturated heterocycles. The molecule has 2 aromatic heterocycles. The van der Waals surface area contributed by atoms with Crippen molar-refractivity contribution in [1.82, 2.24) is 38.7 Å². The van der Waals surface area contributed by atoms with Gasteiger partial charge in [-0.25, -0.2) is 8.78 Å². The van der Waals surface area contributed by atoms with E-state index >= 15 is 4.79 Å². The van der Waals surface area contributed by atoms with Crippen molar-refractivity contribution >= 4 is 35.3 Å². The minimum atomic E-state index is -5.28. The maximum absolute atomic E-state index is 15.1. The molecule has 22 heteroatoms. The quantitative estimate of drug-likeness (QED) is 0.0295. The first-order valence-electron chi connectivity index (χ1n) is 45.1. The molecule has 2 aliphatic rings. The number of hydrogen-bond donors (Lipinski definition) is 0. The molecule has 508 valence electrons. The molecule has 10 rings (SSSR count). The van der Waals surface area contributed by atoms with Crippen LogP contribution in [0.5, 0.6) is 0 Å². The Morgan fingerprint density at radius 2 is 1.18 bits per heavy atom. The molecule has 6 aromatic carbocycles. The van der Waals surface area contributed by atoms with Crippen LogP contribution in [0.25, 0.3) is 22.3 Å². The van der Waals surface area contributed by atoms with E-state index in [2.05, 4.69) is 9.97 Å². The van der Waals surface area contributed by atoms with Gasteiger partial charge in [0.15, 0.2) is 10.3 Å². The van der Waals surface area contributed by atoms with Crippen molar-refractivity contribution in [2.24, 2.45) is 0 Å². The van der Waals surface area contributed by atoms with Crippen molar-refractivity contribution in [3.05, 3.63) is 233 Å². The molecule has 0 N–H and O–H groups in total. The summed E-state index contributed by atoms with van der Waals surface area (Å²) in [4.78, 5) is 65.1. The van der Waals surface area contributed by atoms with Crippen molar-refractivity contribution in [1.29, 1.82) is 0 Å². The first kappa shape index (κ1) is 40.7. The van der Waals surface area contributed by atoms with E-state index in [9.17, 15) is 59.1 Å². The van der Waals surface area contributed by atoms with Gasteiger partial charge in [-0.1, -0.05) is 148 Å². The second-order valence-corrected chi connectivity index (χ2v) is 22.5. The summed E-state index contributed by atoms with van der Waals surface area (Å²) in [5, 5.41) is -0.897. The van der Waals surface area contributed by atoms with E-state index in [0.717, 1.165) is 56.5 Å². The molecule has 2 aliphatic carbocycles. The third-order valence-electron chi connectivity index (χ3n) is 14.4. The molecule has 2 amide bonds. The molecule has 2 heterocycles. The zero-order valence-corrected chi connectivity index (χ0v) is 53.5. The maximum Gasteiger partial charge on any atom is 0.416 e. The average Bonchev–Trinajstić information content (AvgIpc) is 1.51. The summed E-state index contributed by atoms with van der Waals surface area (Å²) in [5.74, 6) is -5.95. The summed E-state index contributed by atoms with van der Waals surface area (Å²) in [6.45, 7) is -21.9. The van der Waals surface area contributed by atoms with Gasteiger partial charge in [-0.05, 0) is 171 Å². The van der Waals surface area contributed by atoms with Gasteiger partial charge in [0.05, 0.1) is 41.8 Å². The zero-order chi connectivity index (χ0) is 97.3. The van der Waals surface area contributed by atoms with Crippen LogP contribution in [0.15, 0.2) is 159 Å². The summed E-state index contributed by atoms with van der Waals surface area (Å²) in [7, 11) is 0. The smallest absolute Gasteiger partial charge is 0.336 e. The van der Waals surface area contributed by atoms with Gasteiger partial charge < -0.3 is 28.7 Å². The van der Waals surface area contributed by atoms with Crippen LogP contribution in [0.2, 0.25) is 0 Å². The SMILES string of the molecule is [2H]C([2H])(C)N(C([2H])([2H])C)C([2H])([2H])C([2H])([2H])N(C(=O)Cn1c(SCc2ccc(F)cc2)nc(=O)c2c1CCC2)C([2H])(C)c1ccc(-c2ccc(C(F)(F)F)cc2)cc1.[2H]c1c([2H])c(CSc2nc(=O)c3c(n2CC(=O)N(C([2H])([2H])c2c([2H])c([2H])c(-c4c([2H])c([2H])c(C(F)(F)F)c(C)c4[2H])c([2H])c2[2H])C([2H])([2H])C([2H])([2H])N(CC)CC)C([2H])([2H])C([2H])([2H])C3([2H])[2H])c([2H])c([2H])c1F. The van der Waals surface area contributed by atoms with Gasteiger partial charge in [0.1, 0.15) is 24.7 Å². The average molecular weight is 1390 g/mol. The molecule has 1 unspecified atom stereocenters. The second-order valence-electron chi connectivity index (χ2n) is 20.7. The molecule has 0 saturated carbocycles. The van der Waals surface area contributed by atoms with Crippen LogP contribution >= 0.6 is 23.5 Å². The van der Waals surface area contributed by atoms with Crippen molar-refractivity contribution < 1.29 is 88.6 Å². The van der Waals surface area contributed by atoms with Gasteiger partial charge in [0.2, 0.25) is 11.8 Å². The summed E-state index contributed by atoms with van der Waals surface area (Å²) in [6.07, 6.45) is -19.6. The molecule has 12 nitrogen and oxygen atoms in total. The Kier molecular flexibility index (Phi) is 13.9. The van der Waals surface area contributed by atoms with E-state index in [1.165, 1.54) is 79.1 Å². The van der Waals surface area contributed by atoms with Gasteiger partial charge >= 0.3 is 12.4 Å². The highest BCUT2D eigenvalue weighted by Crippen LogP contribution is 2.36. The molecular weight excluding hydrogens is 1280 g/mol. The Morgan fingerprint density at radius 3 is 1.78 bits per heavy atom. The van der Waals surface area contributed by atoms with Gasteiger partial charge in [-0.2, -0.15) is 36.3 Å². The lowest BCUT2D eigenvalue weighted by atomic mass is 9.98. The highest BCUT2D eigenvalue weighted by atomic mass is 32.2. The number of aromatic nitrogens is 4. The first-order chi connectivity index (χ1) is 58.3. The second kappa shape index (κ2) is 32.9. The van der Waals surface area contributed by atoms with Crippen molar-refractivity contribution in [2.45, 2.75) is 140 Å². The van der Waals surface area contributed by atoms with Gasteiger partial charge in [0, 0.05) is 85.7 Å². The molecule has 96 heavy (non-hydrogen) atoms. The Bertz CT molecular complexity index is 5700. The number of fused-ring (bicyclic) bond motifs is 2. The molecule has 0 bridgehead atoms. The van der Waals surface area contributed by atoms with Crippen molar-refractivity contribution in [3.63, 3.8) is 0 Å². The van der Waals surface area contributed by atoms with Crippen LogP contribution in [0.3, 0.4) is 0 Å². The monoisotopic (exact) mass is 1390 g/mol. The van der Waals surface area contributed by atoms with Gasteiger partial charge in [-0.3, -0.25) is 19.2 Å². The van der Waals surface area contributed by atoms with E-state index in [-0.39, 0.29) is 55.7 Å². The first-order valence-corrected chi connectivity index (χ1v) is 31.1.